The van der Waals surface area contributed by atoms with Gasteiger partial charge in [-0.2, -0.15) is 10.2 Å². The minimum atomic E-state index is -2.62. The van der Waals surface area contributed by atoms with Gasteiger partial charge in [-0.1, -0.05) is 0 Å². The molecule has 0 radical (unpaired) electrons. The van der Waals surface area contributed by atoms with Crippen molar-refractivity contribution in [3.8, 4) is 23.5 Å². The molecule has 1 spiro atoms. The Bertz CT molecular complexity index is 1570. The van der Waals surface area contributed by atoms with Crippen molar-refractivity contribution in [2.75, 3.05) is 18.0 Å². The van der Waals surface area contributed by atoms with Gasteiger partial charge in [0.15, 0.2) is 5.82 Å². The molecule has 9 heteroatoms. The monoisotopic (exact) mass is 572 g/mol. The smallest absolute Gasteiger partial charge is 0.264 e. The lowest BCUT2D eigenvalue weighted by Gasteiger charge is -2.50. The number of aromatic nitrogens is 4. The van der Waals surface area contributed by atoms with E-state index in [9.17, 15) is 13.6 Å². The average molecular weight is 573 g/mol. The summed E-state index contributed by atoms with van der Waals surface area (Å²) in [6.07, 6.45) is 15.7. The molecular weight excluding hydrogens is 534 g/mol. The van der Waals surface area contributed by atoms with Gasteiger partial charge in [0.05, 0.1) is 18.8 Å². The van der Waals surface area contributed by atoms with E-state index in [1.54, 1.807) is 37.1 Å². The third kappa shape index (κ3) is 4.50. The summed E-state index contributed by atoms with van der Waals surface area (Å²) in [5, 5.41) is 9.50. The molecule has 1 aromatic carbocycles. The first-order valence-corrected chi connectivity index (χ1v) is 15.3. The number of benzene rings is 1. The van der Waals surface area contributed by atoms with Crippen molar-refractivity contribution in [1.82, 2.24) is 24.5 Å². The first-order chi connectivity index (χ1) is 20.2. The van der Waals surface area contributed by atoms with Crippen LogP contribution in [0.2, 0.25) is 0 Å². The molecule has 2 aromatic heterocycles. The summed E-state index contributed by atoms with van der Waals surface area (Å²) in [6, 6.07) is 3.90. The first-order valence-electron chi connectivity index (χ1n) is 15.3. The first kappa shape index (κ1) is 27.2. The Morgan fingerprint density at radius 1 is 1.17 bits per heavy atom. The lowest BCUT2D eigenvalue weighted by Crippen LogP contribution is -2.40. The van der Waals surface area contributed by atoms with Gasteiger partial charge in [0, 0.05) is 73.7 Å². The number of fused-ring (bicyclic) bond motifs is 2. The molecule has 3 aromatic rings. The zero-order valence-electron chi connectivity index (χ0n) is 24.5. The van der Waals surface area contributed by atoms with Crippen molar-refractivity contribution in [2.45, 2.75) is 83.7 Å². The van der Waals surface area contributed by atoms with Crippen LogP contribution in [0.25, 0.3) is 11.1 Å². The van der Waals surface area contributed by atoms with Crippen LogP contribution in [0.3, 0.4) is 0 Å². The fraction of sp³-hybridized carbons (Fsp3) is 0.545. The predicted molar refractivity (Wildman–Crippen MR) is 157 cm³/mol. The lowest BCUT2D eigenvalue weighted by atomic mass is 9.55. The highest BCUT2D eigenvalue weighted by Gasteiger charge is 2.46. The van der Waals surface area contributed by atoms with Gasteiger partial charge in [0.2, 0.25) is 5.91 Å². The number of amides is 1. The molecule has 0 bridgehead atoms. The number of anilines is 2. The van der Waals surface area contributed by atoms with E-state index >= 15 is 0 Å². The maximum Gasteiger partial charge on any atom is 0.264 e. The van der Waals surface area contributed by atoms with Crippen molar-refractivity contribution in [2.24, 2.45) is 18.4 Å². The van der Waals surface area contributed by atoms with Crippen LogP contribution >= 0.6 is 0 Å². The molecule has 2 fully saturated rings. The summed E-state index contributed by atoms with van der Waals surface area (Å²) >= 11 is 0. The van der Waals surface area contributed by atoms with Crippen LogP contribution < -0.4 is 4.90 Å². The van der Waals surface area contributed by atoms with Gasteiger partial charge in [0.1, 0.15) is 0 Å². The highest BCUT2D eigenvalue weighted by molar-refractivity contribution is 5.78. The zero-order chi connectivity index (χ0) is 29.2. The van der Waals surface area contributed by atoms with E-state index in [1.807, 2.05) is 11.0 Å². The van der Waals surface area contributed by atoms with Gasteiger partial charge in [-0.15, -0.1) is 12.3 Å². The Morgan fingerprint density at radius 3 is 2.62 bits per heavy atom. The lowest BCUT2D eigenvalue weighted by molar-refractivity contribution is -0.129. The molecule has 2 aliphatic heterocycles. The molecule has 4 aliphatic rings. The molecule has 0 atom stereocenters. The number of rotatable bonds is 4. The summed E-state index contributed by atoms with van der Waals surface area (Å²) in [7, 11) is 1.79. The van der Waals surface area contributed by atoms with Gasteiger partial charge in [-0.3, -0.25) is 14.2 Å². The van der Waals surface area contributed by atoms with Crippen LogP contribution in [-0.2, 0) is 31.2 Å². The summed E-state index contributed by atoms with van der Waals surface area (Å²) < 4.78 is 32.9. The Kier molecular flexibility index (Phi) is 6.63. The molecule has 0 unspecified atom stereocenters. The van der Waals surface area contributed by atoms with Crippen LogP contribution in [-0.4, -0.2) is 43.5 Å². The fourth-order valence-corrected chi connectivity index (χ4v) is 8.05. The van der Waals surface area contributed by atoms with Gasteiger partial charge in [-0.25, -0.2) is 8.78 Å². The van der Waals surface area contributed by atoms with E-state index in [2.05, 4.69) is 20.6 Å². The molecule has 2 saturated carbocycles. The summed E-state index contributed by atoms with van der Waals surface area (Å²) in [4.78, 5) is 16.5. The van der Waals surface area contributed by atoms with Crippen molar-refractivity contribution < 1.29 is 13.6 Å². The van der Waals surface area contributed by atoms with Crippen molar-refractivity contribution in [3.63, 3.8) is 0 Å². The third-order valence-corrected chi connectivity index (χ3v) is 10.3. The molecule has 42 heavy (non-hydrogen) atoms. The van der Waals surface area contributed by atoms with Gasteiger partial charge < -0.3 is 9.80 Å². The fourth-order valence-electron chi connectivity index (χ4n) is 8.05. The van der Waals surface area contributed by atoms with Gasteiger partial charge in [0.25, 0.3) is 6.43 Å². The summed E-state index contributed by atoms with van der Waals surface area (Å²) in [6.45, 7) is 3.49. The number of hydrogen-bond donors (Lipinski definition) is 0. The van der Waals surface area contributed by atoms with E-state index in [4.69, 9.17) is 11.5 Å². The number of carbonyl (C=O) groups is 1. The topological polar surface area (TPSA) is 59.2 Å². The molecule has 220 valence electrons. The molecule has 2 aliphatic carbocycles. The standard InChI is InChI=1S/C33H38F2N6O/c1-4-22-16-33(17-22)10-7-25(8-11-33)41-29-9-13-39(21(2)42)20-28(29)32(37-41)40-12-5-6-23-14-26(24-18-36-38(3)19-24)27(31(34)35)15-30(23)40/h1,14-15,18-19,22,25,31H,5-13,16-17,20H2,2-3H3. The van der Waals surface area contributed by atoms with Crippen LogP contribution in [0.5, 0.6) is 0 Å². The van der Waals surface area contributed by atoms with E-state index in [-0.39, 0.29) is 11.5 Å². The normalized spacial score (nSPS) is 25.2. The van der Waals surface area contributed by atoms with Gasteiger partial charge >= 0.3 is 0 Å². The number of halogens is 2. The second-order valence-corrected chi connectivity index (χ2v) is 12.9. The second-order valence-electron chi connectivity index (χ2n) is 12.9. The number of aryl methyl sites for hydroxylation is 2. The van der Waals surface area contributed by atoms with Crippen LogP contribution in [0.15, 0.2) is 24.5 Å². The van der Waals surface area contributed by atoms with Crippen molar-refractivity contribution in [3.05, 3.63) is 46.9 Å². The number of carbonyl (C=O) groups excluding carboxylic acids is 1. The largest absolute Gasteiger partial charge is 0.338 e. The van der Waals surface area contributed by atoms with Crippen LogP contribution in [0.1, 0.15) is 86.7 Å². The Morgan fingerprint density at radius 2 is 1.95 bits per heavy atom. The van der Waals surface area contributed by atoms with E-state index in [1.165, 1.54) is 18.5 Å². The summed E-state index contributed by atoms with van der Waals surface area (Å²) in [5.41, 5.74) is 5.75. The molecule has 1 amide bonds. The van der Waals surface area contributed by atoms with E-state index in [0.29, 0.717) is 48.1 Å². The maximum atomic E-state index is 14.5. The minimum absolute atomic E-state index is 0.00987. The van der Waals surface area contributed by atoms with Gasteiger partial charge in [-0.05, 0) is 80.0 Å². The maximum absolute atomic E-state index is 14.5. The quantitative estimate of drug-likeness (QED) is 0.342. The highest BCUT2D eigenvalue weighted by Crippen LogP contribution is 2.56. The van der Waals surface area contributed by atoms with E-state index < -0.39 is 6.43 Å². The molecule has 4 heterocycles. The van der Waals surface area contributed by atoms with Crippen molar-refractivity contribution >= 4 is 17.4 Å². The minimum Gasteiger partial charge on any atom is -0.338 e. The summed E-state index contributed by atoms with van der Waals surface area (Å²) in [5.74, 6) is 4.24. The Labute approximate surface area is 245 Å². The number of nitrogens with zero attached hydrogens (tertiary/aromatic N) is 6. The van der Waals surface area contributed by atoms with Crippen molar-refractivity contribution in [1.29, 1.82) is 0 Å². The molecule has 7 rings (SSSR count). The highest BCUT2D eigenvalue weighted by atomic mass is 19.3. The predicted octanol–water partition coefficient (Wildman–Crippen LogP) is 6.35. The third-order valence-electron chi connectivity index (χ3n) is 10.3. The molecular formula is C33H38F2N6O. The number of alkyl halides is 2. The molecule has 0 saturated heterocycles. The molecule has 0 N–H and O–H groups in total. The number of terminal acetylenes is 1. The average Bonchev–Trinajstić information content (AvgIpc) is 3.58. The van der Waals surface area contributed by atoms with Crippen LogP contribution in [0, 0.1) is 23.7 Å². The SMILES string of the molecule is C#CC1CC2(CCC(n3nc(N4CCCc5cc(-c6cnn(C)c6)c(C(F)F)cc54)c4c3CCN(C(C)=O)C4)CC2)C1. The Hall–Kier alpha value is -3.67. The molecule has 7 nitrogen and oxygen atoms in total. The zero-order valence-corrected chi connectivity index (χ0v) is 24.5. The van der Waals surface area contributed by atoms with Crippen LogP contribution in [0.4, 0.5) is 20.3 Å². The Balaban J connectivity index is 1.27. The number of hydrogen-bond acceptors (Lipinski definition) is 4. The second kappa shape index (κ2) is 10.3. The van der Waals surface area contributed by atoms with E-state index in [0.717, 1.165) is 67.6 Å².